The first kappa shape index (κ1) is 20.3. The molecule has 2 aliphatic rings. The van der Waals surface area contributed by atoms with Gasteiger partial charge in [0.05, 0.1) is 25.4 Å². The van der Waals surface area contributed by atoms with Crippen LogP contribution in [0.2, 0.25) is 0 Å². The quantitative estimate of drug-likeness (QED) is 0.791. The molecule has 10 heteroatoms. The molecule has 0 aromatic heterocycles. The number of hydrogen-bond acceptors (Lipinski definition) is 6. The summed E-state index contributed by atoms with van der Waals surface area (Å²) in [6.07, 6.45) is 0. The Labute approximate surface area is 174 Å². The number of morpholine rings is 1. The first-order valence-corrected chi connectivity index (χ1v) is 10.9. The minimum absolute atomic E-state index is 0.119. The molecule has 1 amide bonds. The van der Waals surface area contributed by atoms with E-state index in [1.165, 1.54) is 17.0 Å². The Morgan fingerprint density at radius 2 is 1.97 bits per heavy atom. The maximum absolute atomic E-state index is 14.5. The molecule has 2 aliphatic heterocycles. The van der Waals surface area contributed by atoms with Crippen molar-refractivity contribution in [1.82, 2.24) is 4.90 Å². The van der Waals surface area contributed by atoms with Gasteiger partial charge in [-0.05, 0) is 30.3 Å². The van der Waals surface area contributed by atoms with Crippen LogP contribution in [0.5, 0.6) is 0 Å². The number of benzene rings is 2. The number of amidine groups is 1. The molecular formula is C20H21FN4O4S. The van der Waals surface area contributed by atoms with Gasteiger partial charge in [-0.15, -0.1) is 4.40 Å². The van der Waals surface area contributed by atoms with Gasteiger partial charge in [-0.1, -0.05) is 12.1 Å². The number of amides is 1. The van der Waals surface area contributed by atoms with Gasteiger partial charge in [0.15, 0.2) is 5.84 Å². The van der Waals surface area contributed by atoms with Gasteiger partial charge in [0.25, 0.3) is 10.0 Å². The molecule has 1 N–H and O–H groups in total. The summed E-state index contributed by atoms with van der Waals surface area (Å²) in [5.74, 6) is -0.640. The second kappa shape index (κ2) is 8.04. The van der Waals surface area contributed by atoms with E-state index in [0.717, 1.165) is 0 Å². The van der Waals surface area contributed by atoms with Gasteiger partial charge in [0, 0.05) is 31.4 Å². The van der Waals surface area contributed by atoms with Crippen LogP contribution in [0.3, 0.4) is 0 Å². The Morgan fingerprint density at radius 3 is 2.70 bits per heavy atom. The largest absolute Gasteiger partial charge is 0.378 e. The Balaban J connectivity index is 1.43. The van der Waals surface area contributed by atoms with Crippen LogP contribution in [-0.2, 0) is 19.6 Å². The van der Waals surface area contributed by atoms with Crippen LogP contribution in [0.1, 0.15) is 5.56 Å². The van der Waals surface area contributed by atoms with Crippen molar-refractivity contribution in [2.24, 2.45) is 4.40 Å². The monoisotopic (exact) mass is 432 g/mol. The fourth-order valence-corrected chi connectivity index (χ4v) is 4.75. The highest BCUT2D eigenvalue weighted by Gasteiger charge is 2.31. The van der Waals surface area contributed by atoms with Gasteiger partial charge in [0.2, 0.25) is 5.91 Å². The summed E-state index contributed by atoms with van der Waals surface area (Å²) in [6, 6.07) is 11.0. The van der Waals surface area contributed by atoms with E-state index < -0.39 is 21.7 Å². The molecule has 0 aliphatic carbocycles. The second-order valence-corrected chi connectivity index (χ2v) is 8.63. The number of anilines is 2. The van der Waals surface area contributed by atoms with Crippen molar-refractivity contribution in [2.75, 3.05) is 50.1 Å². The van der Waals surface area contributed by atoms with Crippen LogP contribution in [0.4, 0.5) is 15.8 Å². The lowest BCUT2D eigenvalue weighted by atomic mass is 10.2. The molecular weight excluding hydrogens is 411 g/mol. The molecule has 1 fully saturated rings. The van der Waals surface area contributed by atoms with Crippen molar-refractivity contribution in [3.63, 3.8) is 0 Å². The smallest absolute Gasteiger partial charge is 0.285 e. The van der Waals surface area contributed by atoms with Gasteiger partial charge < -0.3 is 19.9 Å². The van der Waals surface area contributed by atoms with Crippen LogP contribution in [-0.4, -0.2) is 65.0 Å². The zero-order valence-corrected chi connectivity index (χ0v) is 17.2. The molecule has 2 aromatic rings. The van der Waals surface area contributed by atoms with E-state index in [2.05, 4.69) is 9.71 Å². The van der Waals surface area contributed by atoms with Crippen molar-refractivity contribution in [3.8, 4) is 0 Å². The minimum atomic E-state index is -3.76. The number of hydrogen-bond donors (Lipinski definition) is 1. The van der Waals surface area contributed by atoms with Crippen molar-refractivity contribution >= 4 is 33.1 Å². The SMILES string of the molecule is CN(CC(=O)Nc1ccc(N2CCOCC2)c(F)c1)C1=NS(=O)(=O)c2ccccc21. The average Bonchev–Trinajstić information content (AvgIpc) is 3.00. The molecule has 0 radical (unpaired) electrons. The van der Waals surface area contributed by atoms with E-state index in [0.29, 0.717) is 43.2 Å². The fourth-order valence-electron chi connectivity index (χ4n) is 3.50. The molecule has 158 valence electrons. The highest BCUT2D eigenvalue weighted by molar-refractivity contribution is 7.90. The zero-order chi connectivity index (χ0) is 21.3. The van der Waals surface area contributed by atoms with Gasteiger partial charge >= 0.3 is 0 Å². The lowest BCUT2D eigenvalue weighted by Crippen LogP contribution is -2.36. The second-order valence-electron chi connectivity index (χ2n) is 7.06. The molecule has 0 unspecified atom stereocenters. The number of nitrogens with one attached hydrogen (secondary N) is 1. The van der Waals surface area contributed by atoms with Gasteiger partial charge in [0.1, 0.15) is 10.7 Å². The van der Waals surface area contributed by atoms with Crippen LogP contribution < -0.4 is 10.2 Å². The average molecular weight is 432 g/mol. The van der Waals surface area contributed by atoms with Crippen molar-refractivity contribution in [2.45, 2.75) is 4.90 Å². The van der Waals surface area contributed by atoms with E-state index in [1.54, 1.807) is 37.4 Å². The van der Waals surface area contributed by atoms with Crippen molar-refractivity contribution < 1.29 is 22.3 Å². The highest BCUT2D eigenvalue weighted by atomic mass is 32.2. The number of carbonyl (C=O) groups is 1. The number of nitrogens with zero attached hydrogens (tertiary/aromatic N) is 3. The van der Waals surface area contributed by atoms with Gasteiger partial charge in [-0.25, -0.2) is 4.39 Å². The summed E-state index contributed by atoms with van der Waals surface area (Å²) < 4.78 is 47.9. The summed E-state index contributed by atoms with van der Waals surface area (Å²) >= 11 is 0. The lowest BCUT2D eigenvalue weighted by Gasteiger charge is -2.29. The summed E-state index contributed by atoms with van der Waals surface area (Å²) in [6.45, 7) is 2.18. The molecule has 1 saturated heterocycles. The first-order valence-electron chi connectivity index (χ1n) is 9.43. The number of rotatable bonds is 4. The Hall–Kier alpha value is -2.98. The molecule has 30 heavy (non-hydrogen) atoms. The number of ether oxygens (including phenoxy) is 1. The lowest BCUT2D eigenvalue weighted by molar-refractivity contribution is -0.116. The predicted molar refractivity (Wildman–Crippen MR) is 111 cm³/mol. The summed E-state index contributed by atoms with van der Waals surface area (Å²) in [4.78, 5) is 15.9. The Bertz CT molecular complexity index is 1110. The van der Waals surface area contributed by atoms with E-state index in [-0.39, 0.29) is 17.3 Å². The Morgan fingerprint density at radius 1 is 1.23 bits per heavy atom. The third-order valence-corrected chi connectivity index (χ3v) is 6.26. The molecule has 0 bridgehead atoms. The van der Waals surface area contributed by atoms with E-state index in [1.807, 2.05) is 4.90 Å². The number of fused-ring (bicyclic) bond motifs is 1. The summed E-state index contributed by atoms with van der Waals surface area (Å²) in [5, 5.41) is 2.64. The molecule has 2 aromatic carbocycles. The molecule has 0 atom stereocenters. The number of sulfonamides is 1. The topological polar surface area (TPSA) is 91.3 Å². The van der Waals surface area contributed by atoms with Crippen LogP contribution >= 0.6 is 0 Å². The van der Waals surface area contributed by atoms with E-state index >= 15 is 0 Å². The van der Waals surface area contributed by atoms with Gasteiger partial charge in [-0.3, -0.25) is 4.79 Å². The highest BCUT2D eigenvalue weighted by Crippen LogP contribution is 2.27. The van der Waals surface area contributed by atoms with E-state index in [4.69, 9.17) is 4.74 Å². The van der Waals surface area contributed by atoms with Crippen molar-refractivity contribution in [1.29, 1.82) is 0 Å². The summed E-state index contributed by atoms with van der Waals surface area (Å²) in [5.41, 5.74) is 1.24. The number of likely N-dealkylation sites (N-methyl/N-ethyl adjacent to an activating group) is 1. The molecule has 2 heterocycles. The maximum Gasteiger partial charge on any atom is 0.285 e. The third kappa shape index (κ3) is 4.01. The predicted octanol–water partition coefficient (Wildman–Crippen LogP) is 1.68. The molecule has 0 saturated carbocycles. The normalized spacial score (nSPS) is 17.3. The first-order chi connectivity index (χ1) is 14.3. The Kier molecular flexibility index (Phi) is 5.44. The summed E-state index contributed by atoms with van der Waals surface area (Å²) in [7, 11) is -2.18. The van der Waals surface area contributed by atoms with Crippen LogP contribution in [0.25, 0.3) is 0 Å². The van der Waals surface area contributed by atoms with Gasteiger partial charge in [-0.2, -0.15) is 8.42 Å². The maximum atomic E-state index is 14.5. The van der Waals surface area contributed by atoms with Crippen LogP contribution in [0.15, 0.2) is 51.8 Å². The van der Waals surface area contributed by atoms with Crippen LogP contribution in [0, 0.1) is 5.82 Å². The number of carbonyl (C=O) groups excluding carboxylic acids is 1. The zero-order valence-electron chi connectivity index (χ0n) is 16.3. The molecule has 8 nitrogen and oxygen atoms in total. The van der Waals surface area contributed by atoms with Crippen molar-refractivity contribution in [3.05, 3.63) is 53.8 Å². The standard InChI is InChI=1S/C20H21FN4O4S/c1-24(20-15-4-2-3-5-18(15)30(27,28)23-20)13-19(26)22-14-6-7-17(16(21)12-14)25-8-10-29-11-9-25/h2-7,12H,8-11,13H2,1H3,(H,22,26). The van der Waals surface area contributed by atoms with E-state index in [9.17, 15) is 17.6 Å². The number of halogens is 1. The molecule has 0 spiro atoms. The molecule has 4 rings (SSSR count). The minimum Gasteiger partial charge on any atom is -0.378 e. The third-order valence-electron chi connectivity index (χ3n) is 4.94. The fraction of sp³-hybridized carbons (Fsp3) is 0.300.